The van der Waals surface area contributed by atoms with E-state index in [1.54, 1.807) is 18.1 Å². The summed E-state index contributed by atoms with van der Waals surface area (Å²) in [5.74, 6) is 0.520. The molecule has 0 aliphatic carbocycles. The largest absolute Gasteiger partial charge is 0.359 e. The summed E-state index contributed by atoms with van der Waals surface area (Å²) < 4.78 is 0. The Labute approximate surface area is 113 Å². The van der Waals surface area contributed by atoms with Crippen molar-refractivity contribution < 1.29 is 9.59 Å². The standard InChI is InChI=1S/C14H19N3O2/c1-9-14(3,13(19)15-4)8-11-6-5-7-16-12(11)17(9)10(2)18/h5-7,9H,8H2,1-4H3,(H,15,19). The van der Waals surface area contributed by atoms with Crippen molar-refractivity contribution in [1.82, 2.24) is 10.3 Å². The van der Waals surface area contributed by atoms with Crippen LogP contribution in [0.4, 0.5) is 5.82 Å². The molecular weight excluding hydrogens is 242 g/mol. The Morgan fingerprint density at radius 3 is 2.79 bits per heavy atom. The van der Waals surface area contributed by atoms with Gasteiger partial charge in [-0.2, -0.15) is 0 Å². The van der Waals surface area contributed by atoms with Crippen molar-refractivity contribution in [3.63, 3.8) is 0 Å². The van der Waals surface area contributed by atoms with Gasteiger partial charge in [-0.15, -0.1) is 0 Å². The van der Waals surface area contributed by atoms with Gasteiger partial charge in [-0.1, -0.05) is 6.07 Å². The topological polar surface area (TPSA) is 62.3 Å². The molecule has 1 N–H and O–H groups in total. The Bertz CT molecular complexity index is 529. The highest BCUT2D eigenvalue weighted by Gasteiger charge is 2.47. The van der Waals surface area contributed by atoms with E-state index in [0.29, 0.717) is 12.2 Å². The maximum Gasteiger partial charge on any atom is 0.228 e. The van der Waals surface area contributed by atoms with Crippen LogP contribution in [0.25, 0.3) is 0 Å². The molecule has 19 heavy (non-hydrogen) atoms. The second-order valence-corrected chi connectivity index (χ2v) is 5.22. The summed E-state index contributed by atoms with van der Waals surface area (Å²) in [4.78, 5) is 30.0. The molecule has 0 saturated carbocycles. The third-order valence-electron chi connectivity index (χ3n) is 4.05. The highest BCUT2D eigenvalue weighted by molar-refractivity contribution is 5.95. The number of hydrogen-bond acceptors (Lipinski definition) is 3. The highest BCUT2D eigenvalue weighted by atomic mass is 16.2. The minimum absolute atomic E-state index is 0.0549. The number of carbonyl (C=O) groups is 2. The lowest BCUT2D eigenvalue weighted by molar-refractivity contribution is -0.131. The van der Waals surface area contributed by atoms with E-state index in [4.69, 9.17) is 0 Å². The van der Waals surface area contributed by atoms with Crippen LogP contribution in [0, 0.1) is 5.41 Å². The van der Waals surface area contributed by atoms with Crippen LogP contribution < -0.4 is 10.2 Å². The predicted octanol–water partition coefficient (Wildman–Crippen LogP) is 1.13. The van der Waals surface area contributed by atoms with Crippen LogP contribution in [0.2, 0.25) is 0 Å². The monoisotopic (exact) mass is 261 g/mol. The molecule has 1 aromatic rings. The van der Waals surface area contributed by atoms with E-state index in [9.17, 15) is 9.59 Å². The molecule has 0 saturated heterocycles. The summed E-state index contributed by atoms with van der Waals surface area (Å²) in [7, 11) is 1.62. The van der Waals surface area contributed by atoms with Gasteiger partial charge in [-0.25, -0.2) is 4.98 Å². The molecular formula is C14H19N3O2. The zero-order chi connectivity index (χ0) is 14.2. The van der Waals surface area contributed by atoms with E-state index in [0.717, 1.165) is 5.56 Å². The third-order valence-corrected chi connectivity index (χ3v) is 4.05. The smallest absolute Gasteiger partial charge is 0.228 e. The lowest BCUT2D eigenvalue weighted by atomic mass is 9.73. The minimum Gasteiger partial charge on any atom is -0.359 e. The van der Waals surface area contributed by atoms with Crippen LogP contribution in [-0.4, -0.2) is 29.9 Å². The molecule has 2 heterocycles. The first-order chi connectivity index (χ1) is 8.91. The van der Waals surface area contributed by atoms with Crippen LogP contribution in [0.5, 0.6) is 0 Å². The van der Waals surface area contributed by atoms with Gasteiger partial charge in [0.25, 0.3) is 0 Å². The fourth-order valence-electron chi connectivity index (χ4n) is 2.77. The van der Waals surface area contributed by atoms with Gasteiger partial charge in [-0.3, -0.25) is 14.5 Å². The molecule has 0 radical (unpaired) electrons. The van der Waals surface area contributed by atoms with Crippen LogP contribution in [0.3, 0.4) is 0 Å². The number of hydrogen-bond donors (Lipinski definition) is 1. The van der Waals surface area contributed by atoms with Gasteiger partial charge in [-0.05, 0) is 31.9 Å². The summed E-state index contributed by atoms with van der Waals surface area (Å²) in [6.07, 6.45) is 2.25. The van der Waals surface area contributed by atoms with Crippen LogP contribution in [0.1, 0.15) is 26.3 Å². The van der Waals surface area contributed by atoms with Crippen LogP contribution in [-0.2, 0) is 16.0 Å². The fourth-order valence-corrected chi connectivity index (χ4v) is 2.77. The number of nitrogens with one attached hydrogen (secondary N) is 1. The number of fused-ring (bicyclic) bond motifs is 1. The van der Waals surface area contributed by atoms with Crippen molar-refractivity contribution >= 4 is 17.6 Å². The number of amides is 2. The third kappa shape index (κ3) is 1.99. The van der Waals surface area contributed by atoms with E-state index in [1.165, 1.54) is 6.92 Å². The molecule has 0 fully saturated rings. The van der Waals surface area contributed by atoms with E-state index in [2.05, 4.69) is 10.3 Å². The molecule has 5 nitrogen and oxygen atoms in total. The first kappa shape index (κ1) is 13.5. The Morgan fingerprint density at radius 1 is 1.53 bits per heavy atom. The number of rotatable bonds is 1. The van der Waals surface area contributed by atoms with Crippen molar-refractivity contribution in [3.05, 3.63) is 23.9 Å². The molecule has 0 spiro atoms. The van der Waals surface area contributed by atoms with Crippen LogP contribution >= 0.6 is 0 Å². The van der Waals surface area contributed by atoms with Crippen LogP contribution in [0.15, 0.2) is 18.3 Å². The molecule has 2 atom stereocenters. The van der Waals surface area contributed by atoms with Crippen molar-refractivity contribution in [2.24, 2.45) is 5.41 Å². The van der Waals surface area contributed by atoms with Crippen molar-refractivity contribution in [2.75, 3.05) is 11.9 Å². The molecule has 1 aliphatic rings. The SMILES string of the molecule is CNC(=O)C1(C)Cc2cccnc2N(C(C)=O)C1C. The summed E-state index contributed by atoms with van der Waals surface area (Å²) in [6.45, 7) is 5.29. The Balaban J connectivity index is 2.57. The van der Waals surface area contributed by atoms with Gasteiger partial charge < -0.3 is 5.32 Å². The average Bonchev–Trinajstić information content (AvgIpc) is 2.38. The number of pyridine rings is 1. The molecule has 1 aliphatic heterocycles. The van der Waals surface area contributed by atoms with Gasteiger partial charge in [0.15, 0.2) is 0 Å². The molecule has 2 unspecified atom stereocenters. The molecule has 0 bridgehead atoms. The zero-order valence-corrected chi connectivity index (χ0v) is 11.7. The summed E-state index contributed by atoms with van der Waals surface area (Å²) in [6, 6.07) is 3.52. The van der Waals surface area contributed by atoms with Gasteiger partial charge in [0.05, 0.1) is 11.5 Å². The maximum atomic E-state index is 12.2. The van der Waals surface area contributed by atoms with Crippen molar-refractivity contribution in [3.8, 4) is 0 Å². The zero-order valence-electron chi connectivity index (χ0n) is 11.7. The summed E-state index contributed by atoms with van der Waals surface area (Å²) in [5.41, 5.74) is 0.290. The van der Waals surface area contributed by atoms with Crippen molar-refractivity contribution in [1.29, 1.82) is 0 Å². The Hall–Kier alpha value is -1.91. The molecule has 1 aromatic heterocycles. The highest BCUT2D eigenvalue weighted by Crippen LogP contribution is 2.40. The van der Waals surface area contributed by atoms with E-state index in [-0.39, 0.29) is 17.9 Å². The molecule has 5 heteroatoms. The number of carbonyl (C=O) groups excluding carboxylic acids is 2. The Kier molecular flexibility index (Phi) is 3.30. The number of anilines is 1. The number of aromatic nitrogens is 1. The van der Waals surface area contributed by atoms with Gasteiger partial charge >= 0.3 is 0 Å². The van der Waals surface area contributed by atoms with E-state index < -0.39 is 5.41 Å². The molecule has 2 rings (SSSR count). The lowest BCUT2D eigenvalue weighted by Gasteiger charge is -2.45. The van der Waals surface area contributed by atoms with Gasteiger partial charge in [0.1, 0.15) is 5.82 Å². The summed E-state index contributed by atoms with van der Waals surface area (Å²) in [5, 5.41) is 2.70. The normalized spacial score (nSPS) is 25.7. The second kappa shape index (κ2) is 4.64. The second-order valence-electron chi connectivity index (χ2n) is 5.22. The minimum atomic E-state index is -0.642. The van der Waals surface area contributed by atoms with Gasteiger partial charge in [0, 0.05) is 20.2 Å². The molecule has 0 aromatic carbocycles. The molecule has 102 valence electrons. The van der Waals surface area contributed by atoms with E-state index in [1.807, 2.05) is 26.0 Å². The number of nitrogens with zero attached hydrogens (tertiary/aromatic N) is 2. The van der Waals surface area contributed by atoms with Gasteiger partial charge in [0.2, 0.25) is 11.8 Å². The first-order valence-electron chi connectivity index (χ1n) is 6.37. The Morgan fingerprint density at radius 2 is 2.21 bits per heavy atom. The average molecular weight is 261 g/mol. The quantitative estimate of drug-likeness (QED) is 0.824. The predicted molar refractivity (Wildman–Crippen MR) is 72.7 cm³/mol. The molecule has 2 amide bonds. The summed E-state index contributed by atoms with van der Waals surface area (Å²) >= 11 is 0. The fraction of sp³-hybridized carbons (Fsp3) is 0.500. The lowest BCUT2D eigenvalue weighted by Crippen LogP contribution is -2.57. The first-order valence-corrected chi connectivity index (χ1v) is 6.37. The van der Waals surface area contributed by atoms with E-state index >= 15 is 0 Å². The van der Waals surface area contributed by atoms with Crippen molar-refractivity contribution in [2.45, 2.75) is 33.2 Å². The maximum absolute atomic E-state index is 12.2.